The van der Waals surface area contributed by atoms with E-state index in [4.69, 9.17) is 4.74 Å². The summed E-state index contributed by atoms with van der Waals surface area (Å²) in [4.78, 5) is 0. The molecule has 3 saturated heterocycles. The topological polar surface area (TPSA) is 9.23 Å². The van der Waals surface area contributed by atoms with E-state index in [2.05, 4.69) is 11.8 Å². The molecule has 4 rings (SSSR count). The summed E-state index contributed by atoms with van der Waals surface area (Å²) in [6, 6.07) is 0. The second kappa shape index (κ2) is 3.91. The van der Waals surface area contributed by atoms with Crippen LogP contribution < -0.4 is 0 Å². The van der Waals surface area contributed by atoms with E-state index in [9.17, 15) is 0 Å². The summed E-state index contributed by atoms with van der Waals surface area (Å²) >= 11 is 2.28. The van der Waals surface area contributed by atoms with Gasteiger partial charge in [0.2, 0.25) is 0 Å². The van der Waals surface area contributed by atoms with Crippen molar-refractivity contribution < 1.29 is 4.74 Å². The standard InChI is InChI=1S/C14H22OS/c1-2-4-10-9(3-1)12-5-6-13(15-12)11-7-8-16-14(10)11/h9-14H,1-8H2. The molecule has 3 heterocycles. The highest BCUT2D eigenvalue weighted by Crippen LogP contribution is 2.54. The van der Waals surface area contributed by atoms with E-state index < -0.39 is 0 Å². The van der Waals surface area contributed by atoms with Crippen LogP contribution in [0.15, 0.2) is 0 Å². The van der Waals surface area contributed by atoms with Crippen molar-refractivity contribution in [3.05, 3.63) is 0 Å². The Labute approximate surface area is 103 Å². The first kappa shape index (κ1) is 10.3. The summed E-state index contributed by atoms with van der Waals surface area (Å²) in [6.07, 6.45) is 11.4. The van der Waals surface area contributed by atoms with Gasteiger partial charge in [0.15, 0.2) is 0 Å². The van der Waals surface area contributed by atoms with Crippen LogP contribution in [0.25, 0.3) is 0 Å². The molecule has 6 atom stereocenters. The molecule has 16 heavy (non-hydrogen) atoms. The fraction of sp³-hybridized carbons (Fsp3) is 1.00. The molecule has 0 aromatic carbocycles. The van der Waals surface area contributed by atoms with Crippen LogP contribution in [0.2, 0.25) is 0 Å². The Morgan fingerprint density at radius 3 is 2.38 bits per heavy atom. The van der Waals surface area contributed by atoms with E-state index >= 15 is 0 Å². The quantitative estimate of drug-likeness (QED) is 0.639. The lowest BCUT2D eigenvalue weighted by Gasteiger charge is -2.38. The van der Waals surface area contributed by atoms with Crippen LogP contribution in [-0.4, -0.2) is 23.2 Å². The fourth-order valence-corrected chi connectivity index (χ4v) is 6.67. The molecule has 0 spiro atoms. The lowest BCUT2D eigenvalue weighted by molar-refractivity contribution is -0.00676. The molecule has 2 heteroatoms. The average Bonchev–Trinajstić information content (AvgIpc) is 2.94. The highest BCUT2D eigenvalue weighted by atomic mass is 32.2. The van der Waals surface area contributed by atoms with Crippen LogP contribution in [0.4, 0.5) is 0 Å². The lowest BCUT2D eigenvalue weighted by atomic mass is 9.70. The molecule has 0 aromatic heterocycles. The van der Waals surface area contributed by atoms with Gasteiger partial charge in [0, 0.05) is 5.25 Å². The van der Waals surface area contributed by atoms with Gasteiger partial charge < -0.3 is 4.74 Å². The third kappa shape index (κ3) is 1.42. The SMILES string of the molecule is C1CCC2C(C1)C1CCC(O1)C1CCSC12. The zero-order chi connectivity index (χ0) is 10.5. The summed E-state index contributed by atoms with van der Waals surface area (Å²) in [5.41, 5.74) is 0. The minimum absolute atomic E-state index is 0.649. The summed E-state index contributed by atoms with van der Waals surface area (Å²) in [5, 5.41) is 0.973. The summed E-state index contributed by atoms with van der Waals surface area (Å²) in [6.45, 7) is 0. The predicted octanol–water partition coefficient (Wildman–Crippen LogP) is 3.48. The Morgan fingerprint density at radius 2 is 1.50 bits per heavy atom. The van der Waals surface area contributed by atoms with Gasteiger partial charge in [-0.05, 0) is 55.6 Å². The van der Waals surface area contributed by atoms with Gasteiger partial charge in [-0.25, -0.2) is 0 Å². The van der Waals surface area contributed by atoms with Gasteiger partial charge in [-0.1, -0.05) is 12.8 Å². The Balaban J connectivity index is 1.68. The summed E-state index contributed by atoms with van der Waals surface area (Å²) in [7, 11) is 0. The van der Waals surface area contributed by atoms with E-state index in [-0.39, 0.29) is 0 Å². The van der Waals surface area contributed by atoms with Gasteiger partial charge in [0.05, 0.1) is 12.2 Å². The Hall–Kier alpha value is 0.310. The maximum atomic E-state index is 6.39. The fourth-order valence-electron chi connectivity index (χ4n) is 4.84. The number of ether oxygens (including phenoxy) is 1. The van der Waals surface area contributed by atoms with E-state index in [1.165, 1.54) is 50.7 Å². The molecule has 0 amide bonds. The van der Waals surface area contributed by atoms with Crippen molar-refractivity contribution in [2.75, 3.05) is 5.75 Å². The number of thioether (sulfide) groups is 1. The molecule has 4 aliphatic rings. The van der Waals surface area contributed by atoms with Crippen molar-refractivity contribution in [1.82, 2.24) is 0 Å². The smallest absolute Gasteiger partial charge is 0.0619 e. The van der Waals surface area contributed by atoms with Crippen LogP contribution in [0.1, 0.15) is 44.9 Å². The molecule has 6 unspecified atom stereocenters. The van der Waals surface area contributed by atoms with Crippen molar-refractivity contribution >= 4 is 11.8 Å². The highest BCUT2D eigenvalue weighted by Gasteiger charge is 2.51. The van der Waals surface area contributed by atoms with Gasteiger partial charge in [0.25, 0.3) is 0 Å². The number of hydrogen-bond donors (Lipinski definition) is 0. The largest absolute Gasteiger partial charge is 0.374 e. The first-order valence-corrected chi connectivity index (χ1v) is 8.25. The molecule has 4 fully saturated rings. The van der Waals surface area contributed by atoms with Crippen molar-refractivity contribution in [2.45, 2.75) is 62.4 Å². The van der Waals surface area contributed by atoms with Crippen LogP contribution in [0.3, 0.4) is 0 Å². The minimum atomic E-state index is 0.649. The molecule has 1 nitrogen and oxygen atoms in total. The molecular formula is C14H22OS. The van der Waals surface area contributed by atoms with Crippen molar-refractivity contribution in [3.63, 3.8) is 0 Å². The zero-order valence-electron chi connectivity index (χ0n) is 9.94. The van der Waals surface area contributed by atoms with Crippen molar-refractivity contribution in [3.8, 4) is 0 Å². The normalized spacial score (nSPS) is 55.5. The Kier molecular flexibility index (Phi) is 2.51. The Bertz CT molecular complexity index is 278. The first-order chi connectivity index (χ1) is 7.93. The van der Waals surface area contributed by atoms with Gasteiger partial charge in [-0.15, -0.1) is 0 Å². The monoisotopic (exact) mass is 238 g/mol. The van der Waals surface area contributed by atoms with Gasteiger partial charge >= 0.3 is 0 Å². The molecular weight excluding hydrogens is 216 g/mol. The minimum Gasteiger partial charge on any atom is -0.374 e. The Morgan fingerprint density at radius 1 is 0.750 bits per heavy atom. The van der Waals surface area contributed by atoms with E-state index in [0.29, 0.717) is 12.2 Å². The number of fused-ring (bicyclic) bond motifs is 7. The van der Waals surface area contributed by atoms with Gasteiger partial charge in [-0.3, -0.25) is 0 Å². The van der Waals surface area contributed by atoms with Crippen molar-refractivity contribution in [1.29, 1.82) is 0 Å². The number of hydrogen-bond acceptors (Lipinski definition) is 2. The average molecular weight is 238 g/mol. The first-order valence-electron chi connectivity index (χ1n) is 7.20. The second-order valence-electron chi connectivity index (χ2n) is 6.19. The summed E-state index contributed by atoms with van der Waals surface area (Å²) in [5.74, 6) is 4.27. The number of rotatable bonds is 0. The third-order valence-electron chi connectivity index (χ3n) is 5.52. The predicted molar refractivity (Wildman–Crippen MR) is 67.7 cm³/mol. The van der Waals surface area contributed by atoms with Crippen LogP contribution in [0.5, 0.6) is 0 Å². The second-order valence-corrected chi connectivity index (χ2v) is 7.48. The zero-order valence-corrected chi connectivity index (χ0v) is 10.8. The third-order valence-corrected chi connectivity index (χ3v) is 7.08. The lowest BCUT2D eigenvalue weighted by Crippen LogP contribution is -2.36. The maximum absolute atomic E-state index is 6.39. The van der Waals surface area contributed by atoms with Crippen molar-refractivity contribution in [2.24, 2.45) is 17.8 Å². The van der Waals surface area contributed by atoms with E-state index in [0.717, 1.165) is 23.0 Å². The highest BCUT2D eigenvalue weighted by molar-refractivity contribution is 8.00. The molecule has 0 N–H and O–H groups in total. The molecule has 0 radical (unpaired) electrons. The molecule has 3 aliphatic heterocycles. The van der Waals surface area contributed by atoms with Crippen LogP contribution >= 0.6 is 11.8 Å². The van der Waals surface area contributed by atoms with Crippen LogP contribution in [0, 0.1) is 17.8 Å². The van der Waals surface area contributed by atoms with Crippen LogP contribution in [-0.2, 0) is 4.74 Å². The molecule has 90 valence electrons. The molecule has 2 bridgehead atoms. The molecule has 1 aliphatic carbocycles. The maximum Gasteiger partial charge on any atom is 0.0619 e. The molecule has 1 saturated carbocycles. The van der Waals surface area contributed by atoms with E-state index in [1.807, 2.05) is 0 Å². The van der Waals surface area contributed by atoms with Gasteiger partial charge in [-0.2, -0.15) is 11.8 Å². The summed E-state index contributed by atoms with van der Waals surface area (Å²) < 4.78 is 6.39. The van der Waals surface area contributed by atoms with E-state index in [1.54, 1.807) is 0 Å². The molecule has 0 aromatic rings. The van der Waals surface area contributed by atoms with Gasteiger partial charge in [0.1, 0.15) is 0 Å².